The molecular weight excluding hydrogens is 314 g/mol. The molecule has 2 heterocycles. The van der Waals surface area contributed by atoms with Crippen molar-refractivity contribution in [2.75, 3.05) is 5.32 Å². The largest absolute Gasteiger partial charge is 0.481 e. The maximum absolute atomic E-state index is 11.9. The second-order valence-electron chi connectivity index (χ2n) is 4.06. The fourth-order valence-electron chi connectivity index (χ4n) is 1.43. The van der Waals surface area contributed by atoms with Crippen LogP contribution in [0, 0.1) is 0 Å². The summed E-state index contributed by atoms with van der Waals surface area (Å²) in [6.45, 7) is 1.96. The Morgan fingerprint density at radius 2 is 1.90 bits per heavy atom. The molecule has 0 fully saturated rings. The maximum Gasteiger partial charge on any atom is 0.303 e. The molecule has 0 saturated heterocycles. The van der Waals surface area contributed by atoms with E-state index >= 15 is 0 Å². The van der Waals surface area contributed by atoms with E-state index in [4.69, 9.17) is 5.11 Å². The standard InChI is InChI=1S/C11H13N5O3S2/c1-2-6-13-16-11(21-6)12-9(19)10-15-14-7(20-10)4-3-5-8(17)18/h2-5H2,1H3,(H,17,18)(H,12,16,19). The van der Waals surface area contributed by atoms with Crippen LogP contribution in [0.15, 0.2) is 0 Å². The zero-order chi connectivity index (χ0) is 15.2. The molecule has 21 heavy (non-hydrogen) atoms. The van der Waals surface area contributed by atoms with Gasteiger partial charge in [-0.1, -0.05) is 29.6 Å². The fraction of sp³-hybridized carbons (Fsp3) is 0.455. The summed E-state index contributed by atoms with van der Waals surface area (Å²) >= 11 is 2.47. The topological polar surface area (TPSA) is 118 Å². The third-order valence-electron chi connectivity index (χ3n) is 2.43. The predicted molar refractivity (Wildman–Crippen MR) is 77.7 cm³/mol. The van der Waals surface area contributed by atoms with Crippen LogP contribution in [0.2, 0.25) is 0 Å². The molecule has 0 saturated carbocycles. The SMILES string of the molecule is CCc1nnc(NC(=O)c2nnc(CCCC(=O)O)s2)s1. The third kappa shape index (κ3) is 4.53. The molecule has 0 aliphatic carbocycles. The average Bonchev–Trinajstić information content (AvgIpc) is 3.07. The number of aromatic nitrogens is 4. The number of carboxylic acid groups (broad SMARTS) is 1. The van der Waals surface area contributed by atoms with E-state index in [1.54, 1.807) is 0 Å². The molecule has 0 radical (unpaired) electrons. The molecule has 0 aromatic carbocycles. The summed E-state index contributed by atoms with van der Waals surface area (Å²) in [5, 5.41) is 28.8. The minimum atomic E-state index is -0.847. The number of aliphatic carboxylic acids is 1. The van der Waals surface area contributed by atoms with Gasteiger partial charge in [-0.2, -0.15) is 0 Å². The number of carboxylic acids is 1. The lowest BCUT2D eigenvalue weighted by Gasteiger charge is -1.94. The van der Waals surface area contributed by atoms with Crippen molar-refractivity contribution in [2.24, 2.45) is 0 Å². The van der Waals surface area contributed by atoms with Crippen LogP contribution < -0.4 is 5.32 Å². The normalized spacial score (nSPS) is 10.5. The summed E-state index contributed by atoms with van der Waals surface area (Å²) in [5.74, 6) is -1.23. The summed E-state index contributed by atoms with van der Waals surface area (Å²) in [6, 6.07) is 0. The Morgan fingerprint density at radius 3 is 2.57 bits per heavy atom. The summed E-state index contributed by atoms with van der Waals surface area (Å²) in [6.07, 6.45) is 1.81. The second kappa shape index (κ2) is 7.18. The molecule has 0 aliphatic rings. The van der Waals surface area contributed by atoms with Gasteiger partial charge >= 0.3 is 5.97 Å². The van der Waals surface area contributed by atoms with Gasteiger partial charge in [0.2, 0.25) is 10.1 Å². The highest BCUT2D eigenvalue weighted by Crippen LogP contribution is 2.18. The van der Waals surface area contributed by atoms with Gasteiger partial charge in [-0.15, -0.1) is 20.4 Å². The van der Waals surface area contributed by atoms with E-state index in [2.05, 4.69) is 25.7 Å². The minimum absolute atomic E-state index is 0.0751. The number of hydrogen-bond donors (Lipinski definition) is 2. The molecule has 1 amide bonds. The van der Waals surface area contributed by atoms with Crippen LogP contribution in [0.5, 0.6) is 0 Å². The van der Waals surface area contributed by atoms with Gasteiger partial charge in [0.05, 0.1) is 0 Å². The number of anilines is 1. The Balaban J connectivity index is 1.90. The highest BCUT2D eigenvalue weighted by molar-refractivity contribution is 7.16. The quantitative estimate of drug-likeness (QED) is 0.793. The first-order chi connectivity index (χ1) is 10.1. The molecule has 0 spiro atoms. The zero-order valence-corrected chi connectivity index (χ0v) is 12.8. The highest BCUT2D eigenvalue weighted by Gasteiger charge is 2.15. The average molecular weight is 327 g/mol. The van der Waals surface area contributed by atoms with Crippen molar-refractivity contribution in [2.45, 2.75) is 32.6 Å². The van der Waals surface area contributed by atoms with Gasteiger partial charge in [-0.3, -0.25) is 14.9 Å². The molecule has 8 nitrogen and oxygen atoms in total. The molecule has 112 valence electrons. The van der Waals surface area contributed by atoms with Crippen LogP contribution in [0.1, 0.15) is 39.6 Å². The van der Waals surface area contributed by atoms with Crippen molar-refractivity contribution in [1.29, 1.82) is 0 Å². The van der Waals surface area contributed by atoms with Gasteiger partial charge in [-0.25, -0.2) is 0 Å². The van der Waals surface area contributed by atoms with Crippen LogP contribution in [0.4, 0.5) is 5.13 Å². The fourth-order valence-corrected chi connectivity index (χ4v) is 2.89. The number of nitrogens with zero attached hydrogens (tertiary/aromatic N) is 4. The number of amides is 1. The molecular formula is C11H13N5O3S2. The van der Waals surface area contributed by atoms with Crippen molar-refractivity contribution in [3.05, 3.63) is 15.0 Å². The molecule has 0 unspecified atom stereocenters. The van der Waals surface area contributed by atoms with Crippen molar-refractivity contribution in [1.82, 2.24) is 20.4 Å². The number of carbonyl (C=O) groups is 2. The van der Waals surface area contributed by atoms with E-state index < -0.39 is 5.97 Å². The first-order valence-corrected chi connectivity index (χ1v) is 7.89. The summed E-state index contributed by atoms with van der Waals surface area (Å²) in [7, 11) is 0. The van der Waals surface area contributed by atoms with Gasteiger partial charge in [0, 0.05) is 12.8 Å². The Bertz CT molecular complexity index is 639. The summed E-state index contributed by atoms with van der Waals surface area (Å²) in [4.78, 5) is 22.4. The van der Waals surface area contributed by atoms with Gasteiger partial charge in [0.1, 0.15) is 10.0 Å². The first-order valence-electron chi connectivity index (χ1n) is 6.26. The Kier molecular flexibility index (Phi) is 5.28. The lowest BCUT2D eigenvalue weighted by atomic mass is 10.2. The molecule has 2 N–H and O–H groups in total. The molecule has 0 bridgehead atoms. The van der Waals surface area contributed by atoms with Crippen molar-refractivity contribution >= 4 is 39.7 Å². The summed E-state index contributed by atoms with van der Waals surface area (Å²) < 4.78 is 0. The van der Waals surface area contributed by atoms with E-state index in [1.807, 2.05) is 6.92 Å². The van der Waals surface area contributed by atoms with Crippen LogP contribution in [0.25, 0.3) is 0 Å². The van der Waals surface area contributed by atoms with Crippen LogP contribution in [0.3, 0.4) is 0 Å². The number of carbonyl (C=O) groups excluding carboxylic acids is 1. The van der Waals surface area contributed by atoms with Gasteiger partial charge in [0.25, 0.3) is 5.91 Å². The van der Waals surface area contributed by atoms with Crippen molar-refractivity contribution in [3.8, 4) is 0 Å². The molecule has 2 rings (SSSR count). The number of rotatable bonds is 7. The zero-order valence-electron chi connectivity index (χ0n) is 11.2. The van der Waals surface area contributed by atoms with Crippen molar-refractivity contribution < 1.29 is 14.7 Å². The highest BCUT2D eigenvalue weighted by atomic mass is 32.1. The maximum atomic E-state index is 11.9. The Morgan fingerprint density at radius 1 is 1.14 bits per heavy atom. The number of nitrogens with one attached hydrogen (secondary N) is 1. The molecule has 10 heteroatoms. The van der Waals surface area contributed by atoms with Gasteiger partial charge in [0.15, 0.2) is 0 Å². The van der Waals surface area contributed by atoms with Crippen LogP contribution in [-0.2, 0) is 17.6 Å². The van der Waals surface area contributed by atoms with E-state index in [0.29, 0.717) is 23.0 Å². The smallest absolute Gasteiger partial charge is 0.303 e. The number of hydrogen-bond acceptors (Lipinski definition) is 8. The van der Waals surface area contributed by atoms with Crippen LogP contribution in [-0.4, -0.2) is 37.4 Å². The first kappa shape index (κ1) is 15.4. The Labute approximate surface area is 128 Å². The molecule has 2 aromatic rings. The second-order valence-corrected chi connectivity index (χ2v) is 6.18. The van der Waals surface area contributed by atoms with Gasteiger partial charge < -0.3 is 5.11 Å². The molecule has 0 atom stereocenters. The lowest BCUT2D eigenvalue weighted by molar-refractivity contribution is -0.137. The van der Waals surface area contributed by atoms with Gasteiger partial charge in [-0.05, 0) is 12.8 Å². The molecule has 2 aromatic heterocycles. The van der Waals surface area contributed by atoms with E-state index in [1.165, 1.54) is 11.3 Å². The van der Waals surface area contributed by atoms with E-state index in [9.17, 15) is 9.59 Å². The van der Waals surface area contributed by atoms with E-state index in [-0.39, 0.29) is 17.3 Å². The van der Waals surface area contributed by atoms with Crippen LogP contribution >= 0.6 is 22.7 Å². The third-order valence-corrected chi connectivity index (χ3v) is 4.40. The predicted octanol–water partition coefficient (Wildman–Crippen LogP) is 1.61. The lowest BCUT2D eigenvalue weighted by Crippen LogP contribution is -2.11. The van der Waals surface area contributed by atoms with E-state index in [0.717, 1.165) is 22.8 Å². The summed E-state index contributed by atoms with van der Waals surface area (Å²) in [5.41, 5.74) is 0. The minimum Gasteiger partial charge on any atom is -0.481 e. The Hall–Kier alpha value is -1.94. The molecule has 0 aliphatic heterocycles. The number of aryl methyl sites for hydroxylation is 2. The monoisotopic (exact) mass is 327 g/mol. The van der Waals surface area contributed by atoms with Crippen molar-refractivity contribution in [3.63, 3.8) is 0 Å².